The summed E-state index contributed by atoms with van der Waals surface area (Å²) in [7, 11) is 0. The largest absolute Gasteiger partial charge is 0.452 e. The van der Waals surface area contributed by atoms with Crippen molar-refractivity contribution in [3.05, 3.63) is 66.2 Å². The van der Waals surface area contributed by atoms with Crippen LogP contribution in [0.5, 0.6) is 0 Å². The predicted molar refractivity (Wildman–Crippen MR) is 114 cm³/mol. The predicted octanol–water partition coefficient (Wildman–Crippen LogP) is 3.68. The molecule has 30 heavy (non-hydrogen) atoms. The molecule has 0 aliphatic carbocycles. The Morgan fingerprint density at radius 2 is 1.63 bits per heavy atom. The van der Waals surface area contributed by atoms with Gasteiger partial charge in [0.1, 0.15) is 0 Å². The first-order valence-electron chi connectivity index (χ1n) is 9.47. The first kappa shape index (κ1) is 21.0. The van der Waals surface area contributed by atoms with Crippen LogP contribution in [-0.4, -0.2) is 35.0 Å². The van der Waals surface area contributed by atoms with Crippen molar-refractivity contribution in [2.45, 2.75) is 26.3 Å². The van der Waals surface area contributed by atoms with Crippen LogP contribution < -0.4 is 10.6 Å². The van der Waals surface area contributed by atoms with Gasteiger partial charge < -0.3 is 10.1 Å². The lowest BCUT2D eigenvalue weighted by molar-refractivity contribution is -0.123. The van der Waals surface area contributed by atoms with Crippen LogP contribution in [0.4, 0.5) is 4.79 Å². The fourth-order valence-electron chi connectivity index (χ4n) is 2.84. The van der Waals surface area contributed by atoms with E-state index in [0.29, 0.717) is 22.2 Å². The minimum atomic E-state index is -0.716. The van der Waals surface area contributed by atoms with Gasteiger partial charge in [-0.05, 0) is 32.9 Å². The van der Waals surface area contributed by atoms with E-state index in [1.165, 1.54) is 0 Å². The highest BCUT2D eigenvalue weighted by atomic mass is 16.5. The molecule has 0 spiro atoms. The molecule has 0 aliphatic rings. The number of carbonyl (C=O) groups is 3. The third kappa shape index (κ3) is 5.41. The van der Waals surface area contributed by atoms with Gasteiger partial charge in [-0.15, -0.1) is 0 Å². The number of amides is 3. The van der Waals surface area contributed by atoms with Gasteiger partial charge in [0.2, 0.25) is 0 Å². The van der Waals surface area contributed by atoms with Crippen molar-refractivity contribution in [2.75, 3.05) is 6.61 Å². The number of nitrogens with one attached hydrogen (secondary N) is 2. The number of carbonyl (C=O) groups excluding carboxylic acids is 3. The lowest BCUT2D eigenvalue weighted by Gasteiger charge is -2.20. The molecule has 3 aromatic rings. The number of benzene rings is 2. The Balaban J connectivity index is 1.78. The monoisotopic (exact) mass is 405 g/mol. The van der Waals surface area contributed by atoms with Gasteiger partial charge in [0.25, 0.3) is 5.91 Å². The summed E-state index contributed by atoms with van der Waals surface area (Å²) in [5.74, 6) is -1.39. The third-order valence-corrected chi connectivity index (χ3v) is 4.08. The zero-order chi connectivity index (χ0) is 21.7. The topological polar surface area (TPSA) is 97.4 Å². The molecule has 0 saturated heterocycles. The zero-order valence-electron chi connectivity index (χ0n) is 17.1. The minimum Gasteiger partial charge on any atom is -0.452 e. The number of fused-ring (bicyclic) bond motifs is 1. The van der Waals surface area contributed by atoms with Crippen molar-refractivity contribution in [1.29, 1.82) is 0 Å². The van der Waals surface area contributed by atoms with Gasteiger partial charge in [-0.2, -0.15) is 0 Å². The molecule has 3 rings (SSSR count). The third-order valence-electron chi connectivity index (χ3n) is 4.08. The summed E-state index contributed by atoms with van der Waals surface area (Å²) >= 11 is 0. The Bertz CT molecular complexity index is 1090. The van der Waals surface area contributed by atoms with Crippen molar-refractivity contribution in [1.82, 2.24) is 15.6 Å². The second kappa shape index (κ2) is 8.73. The van der Waals surface area contributed by atoms with E-state index in [1.54, 1.807) is 39.0 Å². The van der Waals surface area contributed by atoms with Gasteiger partial charge in [0, 0.05) is 16.5 Å². The van der Waals surface area contributed by atoms with Gasteiger partial charge in [-0.1, -0.05) is 48.5 Å². The smallest absolute Gasteiger partial charge is 0.339 e. The van der Waals surface area contributed by atoms with Gasteiger partial charge in [-0.3, -0.25) is 10.1 Å². The van der Waals surface area contributed by atoms with Crippen LogP contribution in [0.2, 0.25) is 0 Å². The van der Waals surface area contributed by atoms with Crippen LogP contribution >= 0.6 is 0 Å². The van der Waals surface area contributed by atoms with Crippen LogP contribution in [0, 0.1) is 0 Å². The lowest BCUT2D eigenvalue weighted by atomic mass is 10.0. The fourth-order valence-corrected chi connectivity index (χ4v) is 2.84. The Morgan fingerprint density at radius 3 is 2.33 bits per heavy atom. The Kier molecular flexibility index (Phi) is 6.11. The standard InChI is InChI=1S/C23H23N3O4/c1-23(2,3)26-22(29)25-20(27)14-30-21(28)17-13-19(15-9-5-4-6-10-15)24-18-12-8-7-11-16(17)18/h4-13H,14H2,1-3H3,(H2,25,26,27,29). The van der Waals surface area contributed by atoms with Crippen molar-refractivity contribution in [3.63, 3.8) is 0 Å². The number of para-hydroxylation sites is 1. The summed E-state index contributed by atoms with van der Waals surface area (Å²) in [5, 5.41) is 5.36. The van der Waals surface area contributed by atoms with Crippen LogP contribution in [0.25, 0.3) is 22.2 Å². The molecule has 154 valence electrons. The molecule has 1 aromatic heterocycles. The highest BCUT2D eigenvalue weighted by Gasteiger charge is 2.19. The number of imide groups is 1. The highest BCUT2D eigenvalue weighted by Crippen LogP contribution is 2.25. The van der Waals surface area contributed by atoms with E-state index in [0.717, 1.165) is 5.56 Å². The second-order valence-electron chi connectivity index (χ2n) is 7.77. The number of pyridine rings is 1. The maximum Gasteiger partial charge on any atom is 0.339 e. The molecule has 2 N–H and O–H groups in total. The molecule has 0 bridgehead atoms. The van der Waals surface area contributed by atoms with Crippen LogP contribution in [0.1, 0.15) is 31.1 Å². The molecule has 2 aromatic carbocycles. The van der Waals surface area contributed by atoms with Crippen LogP contribution in [0.15, 0.2) is 60.7 Å². The fraction of sp³-hybridized carbons (Fsp3) is 0.217. The second-order valence-corrected chi connectivity index (χ2v) is 7.77. The molecule has 0 saturated carbocycles. The summed E-state index contributed by atoms with van der Waals surface area (Å²) < 4.78 is 5.16. The van der Waals surface area contributed by atoms with E-state index in [-0.39, 0.29) is 0 Å². The summed E-state index contributed by atoms with van der Waals surface area (Å²) in [6.45, 7) is 4.79. The van der Waals surface area contributed by atoms with E-state index < -0.39 is 30.1 Å². The average molecular weight is 405 g/mol. The van der Waals surface area contributed by atoms with E-state index in [4.69, 9.17) is 4.74 Å². The van der Waals surface area contributed by atoms with E-state index in [9.17, 15) is 14.4 Å². The number of urea groups is 1. The van der Waals surface area contributed by atoms with Crippen molar-refractivity contribution < 1.29 is 19.1 Å². The average Bonchev–Trinajstić information content (AvgIpc) is 2.70. The quantitative estimate of drug-likeness (QED) is 0.646. The van der Waals surface area contributed by atoms with E-state index in [2.05, 4.69) is 15.6 Å². The summed E-state index contributed by atoms with van der Waals surface area (Å²) in [6, 6.07) is 17.7. The SMILES string of the molecule is CC(C)(C)NC(=O)NC(=O)COC(=O)c1cc(-c2ccccc2)nc2ccccc12. The van der Waals surface area contributed by atoms with Crippen molar-refractivity contribution >= 4 is 28.8 Å². The number of aromatic nitrogens is 1. The molecule has 3 amide bonds. The number of hydrogen-bond acceptors (Lipinski definition) is 5. The summed E-state index contributed by atoms with van der Waals surface area (Å²) in [5.41, 5.74) is 1.92. The summed E-state index contributed by atoms with van der Waals surface area (Å²) in [6.07, 6.45) is 0. The summed E-state index contributed by atoms with van der Waals surface area (Å²) in [4.78, 5) is 41.1. The first-order chi connectivity index (χ1) is 14.2. The molecule has 0 unspecified atom stereocenters. The van der Waals surface area contributed by atoms with E-state index >= 15 is 0 Å². The van der Waals surface area contributed by atoms with Crippen molar-refractivity contribution in [2.24, 2.45) is 0 Å². The molecule has 7 heteroatoms. The molecule has 0 fully saturated rings. The van der Waals surface area contributed by atoms with Crippen molar-refractivity contribution in [3.8, 4) is 11.3 Å². The Morgan fingerprint density at radius 1 is 0.967 bits per heavy atom. The molecule has 0 atom stereocenters. The van der Waals surface area contributed by atoms with Crippen LogP contribution in [-0.2, 0) is 9.53 Å². The highest BCUT2D eigenvalue weighted by molar-refractivity contribution is 6.05. The first-order valence-corrected chi connectivity index (χ1v) is 9.47. The maximum absolute atomic E-state index is 12.7. The van der Waals surface area contributed by atoms with E-state index in [1.807, 2.05) is 42.5 Å². The Labute approximate surface area is 174 Å². The maximum atomic E-state index is 12.7. The molecular weight excluding hydrogens is 382 g/mol. The van der Waals surface area contributed by atoms with Gasteiger partial charge >= 0.3 is 12.0 Å². The zero-order valence-corrected chi connectivity index (χ0v) is 17.1. The minimum absolute atomic E-state index is 0.298. The number of ether oxygens (including phenoxy) is 1. The van der Waals surface area contributed by atoms with Gasteiger partial charge in [0.15, 0.2) is 6.61 Å². The number of nitrogens with zero attached hydrogens (tertiary/aromatic N) is 1. The van der Waals surface area contributed by atoms with Gasteiger partial charge in [-0.25, -0.2) is 14.6 Å². The number of hydrogen-bond donors (Lipinski definition) is 2. The number of esters is 1. The lowest BCUT2D eigenvalue weighted by Crippen LogP contribution is -2.49. The molecular formula is C23H23N3O4. The molecule has 0 aliphatic heterocycles. The molecule has 7 nitrogen and oxygen atoms in total. The van der Waals surface area contributed by atoms with Crippen LogP contribution in [0.3, 0.4) is 0 Å². The Hall–Kier alpha value is -3.74. The number of rotatable bonds is 4. The normalized spacial score (nSPS) is 11.0. The molecule has 0 radical (unpaired) electrons. The van der Waals surface area contributed by atoms with Gasteiger partial charge in [0.05, 0.1) is 16.8 Å². The molecule has 1 heterocycles.